The van der Waals surface area contributed by atoms with Gasteiger partial charge in [0.25, 0.3) is 0 Å². The summed E-state index contributed by atoms with van der Waals surface area (Å²) in [6.45, 7) is 2.12. The SMILES string of the molecule is Cc1cc(-c2ccccc2)nc(-c2ccc3ccccc3c2)c1. The van der Waals surface area contributed by atoms with E-state index in [1.165, 1.54) is 16.3 Å². The Hall–Kier alpha value is -2.93. The molecule has 1 heterocycles. The number of aryl methyl sites for hydroxylation is 1. The molecule has 0 atom stereocenters. The van der Waals surface area contributed by atoms with Crippen LogP contribution in [0.3, 0.4) is 0 Å². The average molecular weight is 295 g/mol. The molecule has 0 spiro atoms. The predicted molar refractivity (Wildman–Crippen MR) is 97.4 cm³/mol. The topological polar surface area (TPSA) is 12.9 Å². The van der Waals surface area contributed by atoms with Crippen molar-refractivity contribution in [1.29, 1.82) is 0 Å². The molecule has 23 heavy (non-hydrogen) atoms. The fourth-order valence-corrected chi connectivity index (χ4v) is 2.92. The van der Waals surface area contributed by atoms with Crippen LogP contribution in [-0.4, -0.2) is 4.98 Å². The van der Waals surface area contributed by atoms with Crippen LogP contribution in [0.15, 0.2) is 84.9 Å². The van der Waals surface area contributed by atoms with Crippen LogP contribution in [0.5, 0.6) is 0 Å². The van der Waals surface area contributed by atoms with Crippen molar-refractivity contribution in [3.8, 4) is 22.5 Å². The van der Waals surface area contributed by atoms with Crippen molar-refractivity contribution in [2.45, 2.75) is 6.92 Å². The molecule has 0 N–H and O–H groups in total. The second-order valence-corrected chi connectivity index (χ2v) is 5.84. The molecule has 4 rings (SSSR count). The fraction of sp³-hybridized carbons (Fsp3) is 0.0455. The molecule has 0 bridgehead atoms. The summed E-state index contributed by atoms with van der Waals surface area (Å²) in [4.78, 5) is 4.88. The van der Waals surface area contributed by atoms with Crippen LogP contribution in [0, 0.1) is 6.92 Å². The van der Waals surface area contributed by atoms with Crippen LogP contribution in [0.25, 0.3) is 33.3 Å². The molecule has 4 aromatic rings. The Balaban J connectivity index is 1.86. The van der Waals surface area contributed by atoms with Gasteiger partial charge in [0, 0.05) is 11.1 Å². The zero-order valence-electron chi connectivity index (χ0n) is 13.0. The summed E-state index contributed by atoms with van der Waals surface area (Å²) in [6, 6.07) is 29.6. The molecule has 0 saturated heterocycles. The molecule has 1 nitrogen and oxygen atoms in total. The van der Waals surface area contributed by atoms with E-state index in [4.69, 9.17) is 4.98 Å². The van der Waals surface area contributed by atoms with Crippen molar-refractivity contribution in [2.75, 3.05) is 0 Å². The molecule has 110 valence electrons. The smallest absolute Gasteiger partial charge is 0.0712 e. The Morgan fingerprint density at radius 2 is 1.22 bits per heavy atom. The van der Waals surface area contributed by atoms with Crippen molar-refractivity contribution in [3.05, 3.63) is 90.5 Å². The average Bonchev–Trinajstić information content (AvgIpc) is 2.61. The summed E-state index contributed by atoms with van der Waals surface area (Å²) < 4.78 is 0. The molecule has 0 aliphatic carbocycles. The molecule has 0 unspecified atom stereocenters. The highest BCUT2D eigenvalue weighted by Crippen LogP contribution is 2.27. The van der Waals surface area contributed by atoms with E-state index >= 15 is 0 Å². The van der Waals surface area contributed by atoms with Gasteiger partial charge in [0.05, 0.1) is 11.4 Å². The maximum Gasteiger partial charge on any atom is 0.0712 e. The molecule has 1 heteroatoms. The summed E-state index contributed by atoms with van der Waals surface area (Å²) >= 11 is 0. The van der Waals surface area contributed by atoms with Gasteiger partial charge >= 0.3 is 0 Å². The van der Waals surface area contributed by atoms with Crippen LogP contribution in [0.4, 0.5) is 0 Å². The second-order valence-electron chi connectivity index (χ2n) is 5.84. The lowest BCUT2D eigenvalue weighted by atomic mass is 10.0. The van der Waals surface area contributed by atoms with Crippen molar-refractivity contribution in [3.63, 3.8) is 0 Å². The van der Waals surface area contributed by atoms with Gasteiger partial charge in [0.2, 0.25) is 0 Å². The maximum atomic E-state index is 4.88. The molecule has 0 radical (unpaired) electrons. The van der Waals surface area contributed by atoms with E-state index in [9.17, 15) is 0 Å². The quantitative estimate of drug-likeness (QED) is 0.450. The number of benzene rings is 3. The monoisotopic (exact) mass is 295 g/mol. The van der Waals surface area contributed by atoms with Crippen molar-refractivity contribution in [2.24, 2.45) is 0 Å². The third-order valence-corrected chi connectivity index (χ3v) is 4.08. The van der Waals surface area contributed by atoms with E-state index in [-0.39, 0.29) is 0 Å². The standard InChI is InChI=1S/C22H17N/c1-16-13-21(18-8-3-2-4-9-18)23-22(14-16)20-12-11-17-7-5-6-10-19(17)15-20/h2-15H,1H3. The number of hydrogen-bond acceptors (Lipinski definition) is 1. The van der Waals surface area contributed by atoms with E-state index in [0.29, 0.717) is 0 Å². The molecule has 0 saturated carbocycles. The number of hydrogen-bond donors (Lipinski definition) is 0. The van der Waals surface area contributed by atoms with Gasteiger partial charge in [-0.3, -0.25) is 0 Å². The van der Waals surface area contributed by atoms with E-state index < -0.39 is 0 Å². The lowest BCUT2D eigenvalue weighted by Crippen LogP contribution is -1.90. The van der Waals surface area contributed by atoms with E-state index in [1.54, 1.807) is 0 Å². The van der Waals surface area contributed by atoms with E-state index in [0.717, 1.165) is 22.5 Å². The van der Waals surface area contributed by atoms with E-state index in [2.05, 4.69) is 85.8 Å². The van der Waals surface area contributed by atoms with Crippen molar-refractivity contribution in [1.82, 2.24) is 4.98 Å². The first-order valence-electron chi connectivity index (χ1n) is 7.83. The normalized spacial score (nSPS) is 10.8. The Bertz CT molecular complexity index is 971. The summed E-state index contributed by atoms with van der Waals surface area (Å²) in [5.41, 5.74) is 5.58. The number of fused-ring (bicyclic) bond motifs is 1. The second kappa shape index (κ2) is 5.69. The number of nitrogens with zero attached hydrogens (tertiary/aromatic N) is 1. The van der Waals surface area contributed by atoms with Gasteiger partial charge in [0.15, 0.2) is 0 Å². The third-order valence-electron chi connectivity index (χ3n) is 4.08. The van der Waals surface area contributed by atoms with E-state index in [1.807, 2.05) is 6.07 Å². The van der Waals surface area contributed by atoms with Crippen LogP contribution < -0.4 is 0 Å². The predicted octanol–water partition coefficient (Wildman–Crippen LogP) is 5.88. The lowest BCUT2D eigenvalue weighted by molar-refractivity contribution is 1.29. The van der Waals surface area contributed by atoms with Crippen LogP contribution in [-0.2, 0) is 0 Å². The summed E-state index contributed by atoms with van der Waals surface area (Å²) in [5.74, 6) is 0. The molecule has 1 aromatic heterocycles. The van der Waals surface area contributed by atoms with Gasteiger partial charge in [-0.1, -0.05) is 66.7 Å². The largest absolute Gasteiger partial charge is 0.248 e. The van der Waals surface area contributed by atoms with Crippen LogP contribution in [0.2, 0.25) is 0 Å². The molecule has 0 aliphatic rings. The first-order chi connectivity index (χ1) is 11.3. The maximum absolute atomic E-state index is 4.88. The van der Waals surface area contributed by atoms with Gasteiger partial charge in [-0.15, -0.1) is 0 Å². The Morgan fingerprint density at radius 3 is 2.00 bits per heavy atom. The highest BCUT2D eigenvalue weighted by Gasteiger charge is 2.06. The lowest BCUT2D eigenvalue weighted by Gasteiger charge is -2.08. The van der Waals surface area contributed by atoms with Gasteiger partial charge < -0.3 is 0 Å². The van der Waals surface area contributed by atoms with Crippen molar-refractivity contribution >= 4 is 10.8 Å². The van der Waals surface area contributed by atoms with Crippen LogP contribution in [0.1, 0.15) is 5.56 Å². The van der Waals surface area contributed by atoms with Gasteiger partial charge in [-0.05, 0) is 41.5 Å². The van der Waals surface area contributed by atoms with Gasteiger partial charge in [0.1, 0.15) is 0 Å². The highest BCUT2D eigenvalue weighted by atomic mass is 14.7. The first-order valence-corrected chi connectivity index (χ1v) is 7.83. The molecular formula is C22H17N. The van der Waals surface area contributed by atoms with Gasteiger partial charge in [-0.25, -0.2) is 4.98 Å². The number of pyridine rings is 1. The Morgan fingerprint density at radius 1 is 0.565 bits per heavy atom. The Kier molecular flexibility index (Phi) is 3.39. The zero-order chi connectivity index (χ0) is 15.6. The molecular weight excluding hydrogens is 278 g/mol. The molecule has 0 amide bonds. The van der Waals surface area contributed by atoms with Crippen LogP contribution >= 0.6 is 0 Å². The van der Waals surface area contributed by atoms with Crippen molar-refractivity contribution < 1.29 is 0 Å². The molecule has 3 aromatic carbocycles. The highest BCUT2D eigenvalue weighted by molar-refractivity contribution is 5.87. The number of rotatable bonds is 2. The molecule has 0 fully saturated rings. The fourth-order valence-electron chi connectivity index (χ4n) is 2.92. The minimum absolute atomic E-state index is 1.02. The summed E-state index contributed by atoms with van der Waals surface area (Å²) in [6.07, 6.45) is 0. The minimum atomic E-state index is 1.02. The summed E-state index contributed by atoms with van der Waals surface area (Å²) in [5, 5.41) is 2.50. The summed E-state index contributed by atoms with van der Waals surface area (Å²) in [7, 11) is 0. The minimum Gasteiger partial charge on any atom is -0.248 e. The molecule has 0 aliphatic heterocycles. The Labute approximate surface area is 136 Å². The third kappa shape index (κ3) is 2.74. The number of aromatic nitrogens is 1. The zero-order valence-corrected chi connectivity index (χ0v) is 13.0. The van der Waals surface area contributed by atoms with Gasteiger partial charge in [-0.2, -0.15) is 0 Å². The first kappa shape index (κ1) is 13.7.